The van der Waals surface area contributed by atoms with Crippen molar-refractivity contribution in [3.05, 3.63) is 59.3 Å². The Bertz CT molecular complexity index is 850. The lowest BCUT2D eigenvalue weighted by Crippen LogP contribution is -2.38. The fourth-order valence-corrected chi connectivity index (χ4v) is 5.71. The summed E-state index contributed by atoms with van der Waals surface area (Å²) in [7, 11) is 2.25. The van der Waals surface area contributed by atoms with Gasteiger partial charge < -0.3 is 14.5 Å². The molecule has 1 saturated heterocycles. The van der Waals surface area contributed by atoms with Gasteiger partial charge in [-0.25, -0.2) is 0 Å². The number of hydrogen-bond acceptors (Lipinski definition) is 3. The quantitative estimate of drug-likeness (QED) is 0.709. The van der Waals surface area contributed by atoms with Crippen LogP contribution < -0.4 is 4.74 Å². The predicted molar refractivity (Wildman–Crippen MR) is 117 cm³/mol. The van der Waals surface area contributed by atoms with Crippen LogP contribution in [0.5, 0.6) is 5.75 Å². The molecule has 0 spiro atoms. The Kier molecular flexibility index (Phi) is 5.70. The molecular formula is C23H29N2O2P. The van der Waals surface area contributed by atoms with Crippen molar-refractivity contribution in [2.45, 2.75) is 32.5 Å². The van der Waals surface area contributed by atoms with Crippen LogP contribution in [0.2, 0.25) is 0 Å². The van der Waals surface area contributed by atoms with Crippen molar-refractivity contribution in [1.29, 1.82) is 0 Å². The molecule has 148 valence electrons. The highest BCUT2D eigenvalue weighted by Crippen LogP contribution is 2.45. The first-order valence-electron chi connectivity index (χ1n) is 10.2. The summed E-state index contributed by atoms with van der Waals surface area (Å²) in [6.07, 6.45) is 10.8. The summed E-state index contributed by atoms with van der Waals surface area (Å²) in [6, 6.07) is 6.17. The Labute approximate surface area is 169 Å². The number of allylic oxidation sites excluding steroid dienone is 2. The minimum Gasteiger partial charge on any atom is -0.496 e. The zero-order valence-corrected chi connectivity index (χ0v) is 17.9. The first-order chi connectivity index (χ1) is 13.6. The number of fused-ring (bicyclic) bond motifs is 1. The van der Waals surface area contributed by atoms with Crippen LogP contribution in [-0.2, 0) is 4.79 Å². The van der Waals surface area contributed by atoms with E-state index in [1.807, 2.05) is 24.0 Å². The van der Waals surface area contributed by atoms with Gasteiger partial charge in [-0.15, -0.1) is 0 Å². The van der Waals surface area contributed by atoms with E-state index in [1.54, 1.807) is 7.11 Å². The van der Waals surface area contributed by atoms with Gasteiger partial charge in [0.05, 0.1) is 12.9 Å². The molecule has 0 aliphatic carbocycles. The number of carbonyl (C=O) groups excluding carboxylic acids is 1. The number of nitrogens with zero attached hydrogens (tertiary/aromatic N) is 2. The van der Waals surface area contributed by atoms with Crippen molar-refractivity contribution in [3.8, 4) is 5.75 Å². The lowest BCUT2D eigenvalue weighted by Gasteiger charge is -2.37. The van der Waals surface area contributed by atoms with Gasteiger partial charge in [-0.1, -0.05) is 33.7 Å². The van der Waals surface area contributed by atoms with E-state index in [9.17, 15) is 4.79 Å². The number of benzene rings is 1. The van der Waals surface area contributed by atoms with Crippen LogP contribution in [-0.4, -0.2) is 48.2 Å². The zero-order chi connectivity index (χ0) is 19.7. The minimum atomic E-state index is 0.0973. The summed E-state index contributed by atoms with van der Waals surface area (Å²) in [5, 5.41) is 1.13. The van der Waals surface area contributed by atoms with Crippen molar-refractivity contribution in [2.75, 3.05) is 26.7 Å². The number of likely N-dealkylation sites (tertiary alicyclic amines) is 1. The first-order valence-corrected chi connectivity index (χ1v) is 11.2. The fourth-order valence-electron chi connectivity index (χ4n) is 4.33. The van der Waals surface area contributed by atoms with Crippen molar-refractivity contribution in [1.82, 2.24) is 9.80 Å². The van der Waals surface area contributed by atoms with Gasteiger partial charge in [0.25, 0.3) is 5.91 Å². The van der Waals surface area contributed by atoms with Gasteiger partial charge in [0, 0.05) is 12.3 Å². The van der Waals surface area contributed by atoms with Crippen LogP contribution in [0.1, 0.15) is 30.9 Å². The normalized spacial score (nSPS) is 24.2. The van der Waals surface area contributed by atoms with E-state index < -0.39 is 0 Å². The number of amides is 1. The van der Waals surface area contributed by atoms with Gasteiger partial charge in [0.2, 0.25) is 0 Å². The molecule has 4 nitrogen and oxygen atoms in total. The Balaban J connectivity index is 1.51. The van der Waals surface area contributed by atoms with Gasteiger partial charge in [-0.3, -0.25) is 4.79 Å². The predicted octanol–water partition coefficient (Wildman–Crippen LogP) is 4.38. The number of carbonyl (C=O) groups is 1. The molecule has 4 rings (SSSR count). The molecule has 2 atom stereocenters. The van der Waals surface area contributed by atoms with Gasteiger partial charge in [-0.05, 0) is 79.5 Å². The molecule has 1 amide bonds. The summed E-state index contributed by atoms with van der Waals surface area (Å²) in [5.41, 5.74) is 3.54. The average Bonchev–Trinajstić information content (AvgIpc) is 2.73. The zero-order valence-electron chi connectivity index (χ0n) is 16.9. The lowest BCUT2D eigenvalue weighted by molar-refractivity contribution is -0.123. The Morgan fingerprint density at radius 3 is 2.71 bits per heavy atom. The Morgan fingerprint density at radius 1 is 1.25 bits per heavy atom. The second-order valence-corrected chi connectivity index (χ2v) is 9.19. The largest absolute Gasteiger partial charge is 0.496 e. The van der Waals surface area contributed by atoms with E-state index in [2.05, 4.69) is 42.3 Å². The summed E-state index contributed by atoms with van der Waals surface area (Å²) in [6.45, 7) is 7.72. The molecule has 2 unspecified atom stereocenters. The van der Waals surface area contributed by atoms with E-state index in [-0.39, 0.29) is 11.7 Å². The van der Waals surface area contributed by atoms with E-state index in [4.69, 9.17) is 4.74 Å². The van der Waals surface area contributed by atoms with E-state index in [0.29, 0.717) is 14.5 Å². The second kappa shape index (κ2) is 8.23. The van der Waals surface area contributed by atoms with Crippen LogP contribution >= 0.6 is 8.58 Å². The molecule has 1 fully saturated rings. The molecule has 0 aromatic heterocycles. The fraction of sp³-hybridized carbons (Fsp3) is 0.435. The maximum Gasteiger partial charge on any atom is 0.252 e. The second-order valence-electron chi connectivity index (χ2n) is 7.77. The maximum absolute atomic E-state index is 12.9. The highest BCUT2D eigenvalue weighted by atomic mass is 31.1. The number of rotatable bonds is 4. The summed E-state index contributed by atoms with van der Waals surface area (Å²) in [5.74, 6) is 1.70. The van der Waals surface area contributed by atoms with Gasteiger partial charge >= 0.3 is 0 Å². The third-order valence-electron chi connectivity index (χ3n) is 6.10. The third kappa shape index (κ3) is 3.81. The smallest absolute Gasteiger partial charge is 0.252 e. The number of methoxy groups -OCH3 is 1. The number of hydrogen-bond donors (Lipinski definition) is 0. The Morgan fingerprint density at radius 2 is 2.04 bits per heavy atom. The van der Waals surface area contributed by atoms with Gasteiger partial charge in [0.1, 0.15) is 5.75 Å². The lowest BCUT2D eigenvalue weighted by atomic mass is 9.88. The van der Waals surface area contributed by atoms with Crippen LogP contribution in [0.15, 0.2) is 48.2 Å². The van der Waals surface area contributed by atoms with Crippen LogP contribution in [0.3, 0.4) is 0 Å². The van der Waals surface area contributed by atoms with Crippen molar-refractivity contribution >= 4 is 19.8 Å². The van der Waals surface area contributed by atoms with Gasteiger partial charge in [0.15, 0.2) is 0 Å². The minimum absolute atomic E-state index is 0.0973. The number of aryl methyl sites for hydroxylation is 1. The number of ether oxygens (including phenoxy) is 1. The van der Waals surface area contributed by atoms with Gasteiger partial charge in [-0.2, -0.15) is 0 Å². The summed E-state index contributed by atoms with van der Waals surface area (Å²) < 4.78 is 5.36. The molecule has 0 N–H and O–H groups in total. The molecule has 3 aliphatic heterocycles. The molecule has 28 heavy (non-hydrogen) atoms. The third-order valence-corrected chi connectivity index (χ3v) is 7.61. The van der Waals surface area contributed by atoms with Crippen molar-refractivity contribution in [2.24, 2.45) is 5.92 Å². The highest BCUT2D eigenvalue weighted by molar-refractivity contribution is 7.51. The summed E-state index contributed by atoms with van der Waals surface area (Å²) >= 11 is 0. The molecule has 1 aromatic carbocycles. The standard InChI is InChI=1S/C23H29N2O2P/c1-4-24-11-9-17(10-12-24)19-6-8-23-25(15-19)22(26)14-21(28-23)18-5-7-20(27-3)16(2)13-18/h5-8,13-15,17,23,28H,4,9-12H2,1-3H3. The monoisotopic (exact) mass is 396 g/mol. The van der Waals surface area contributed by atoms with Crippen LogP contribution in [0.25, 0.3) is 5.31 Å². The average molecular weight is 396 g/mol. The molecule has 5 heteroatoms. The Hall–Kier alpha value is -1.90. The maximum atomic E-state index is 12.9. The van der Waals surface area contributed by atoms with E-state index >= 15 is 0 Å². The van der Waals surface area contributed by atoms with Crippen molar-refractivity contribution in [3.63, 3.8) is 0 Å². The topological polar surface area (TPSA) is 32.8 Å². The highest BCUT2D eigenvalue weighted by Gasteiger charge is 2.30. The SMILES string of the molecule is CCN1CCC(C2=CN3C(=O)C=C(c4ccc(OC)c(C)c4)PC3C=C2)CC1. The van der Waals surface area contributed by atoms with Crippen LogP contribution in [0, 0.1) is 12.8 Å². The summed E-state index contributed by atoms with van der Waals surface area (Å²) in [4.78, 5) is 17.3. The van der Waals surface area contributed by atoms with Crippen molar-refractivity contribution < 1.29 is 9.53 Å². The molecular weight excluding hydrogens is 367 g/mol. The first kappa shape index (κ1) is 19.4. The molecule has 3 heterocycles. The van der Waals surface area contributed by atoms with Crippen LogP contribution in [0.4, 0.5) is 0 Å². The molecule has 3 aliphatic rings. The molecule has 0 radical (unpaired) electrons. The van der Waals surface area contributed by atoms with E-state index in [0.717, 1.165) is 41.8 Å². The number of piperidine rings is 1. The van der Waals surface area contributed by atoms with E-state index in [1.165, 1.54) is 18.4 Å². The molecule has 0 saturated carbocycles. The molecule has 0 bridgehead atoms. The molecule has 1 aromatic rings.